The molecule has 126 valence electrons. The Labute approximate surface area is 151 Å². The second kappa shape index (κ2) is 6.78. The molecule has 2 unspecified atom stereocenters. The Hall–Kier alpha value is -2.50. The summed E-state index contributed by atoms with van der Waals surface area (Å²) < 4.78 is 0. The second-order valence-corrected chi connectivity index (χ2v) is 7.04. The van der Waals surface area contributed by atoms with Gasteiger partial charge in [0.05, 0.1) is 5.71 Å². The Morgan fingerprint density at radius 1 is 1.04 bits per heavy atom. The standard InChI is InChI=1S/C20H20N4S/c1-13-10-11-15-17(14-7-4-3-5-8-14)23-18(16-9-6-12-25-16)20(21-2)24-19(15)22-13/h3-12,18,20-21H,1-2H3,(H,22,24). The van der Waals surface area contributed by atoms with Gasteiger partial charge in [-0.3, -0.25) is 10.3 Å². The summed E-state index contributed by atoms with van der Waals surface area (Å²) in [4.78, 5) is 11.1. The molecule has 0 amide bonds. The average molecular weight is 348 g/mol. The van der Waals surface area contributed by atoms with Crippen LogP contribution in [0.2, 0.25) is 0 Å². The number of nitrogens with one attached hydrogen (secondary N) is 2. The van der Waals surface area contributed by atoms with E-state index in [0.29, 0.717) is 0 Å². The molecule has 0 bridgehead atoms. The third-order valence-corrected chi connectivity index (χ3v) is 5.30. The van der Waals surface area contributed by atoms with E-state index in [1.807, 2.05) is 38.2 Å². The molecule has 1 aliphatic rings. The molecule has 4 nitrogen and oxygen atoms in total. The van der Waals surface area contributed by atoms with E-state index in [-0.39, 0.29) is 12.2 Å². The van der Waals surface area contributed by atoms with Gasteiger partial charge in [-0.1, -0.05) is 36.4 Å². The first-order valence-electron chi connectivity index (χ1n) is 8.34. The van der Waals surface area contributed by atoms with E-state index in [0.717, 1.165) is 28.4 Å². The van der Waals surface area contributed by atoms with Crippen molar-refractivity contribution in [1.82, 2.24) is 10.3 Å². The van der Waals surface area contributed by atoms with Gasteiger partial charge in [0.2, 0.25) is 0 Å². The first kappa shape index (κ1) is 16.0. The Balaban J connectivity index is 1.92. The minimum absolute atomic E-state index is 0.0188. The summed E-state index contributed by atoms with van der Waals surface area (Å²) in [5.74, 6) is 0.876. The number of aryl methyl sites for hydroxylation is 1. The van der Waals surface area contributed by atoms with Crippen molar-refractivity contribution in [2.75, 3.05) is 12.4 Å². The summed E-state index contributed by atoms with van der Waals surface area (Å²) >= 11 is 1.73. The van der Waals surface area contributed by atoms with Gasteiger partial charge in [-0.2, -0.15) is 0 Å². The van der Waals surface area contributed by atoms with Crippen LogP contribution >= 0.6 is 11.3 Å². The average Bonchev–Trinajstić information content (AvgIpc) is 3.12. The number of nitrogens with zero attached hydrogens (tertiary/aromatic N) is 2. The summed E-state index contributed by atoms with van der Waals surface area (Å²) in [6, 6.07) is 18.7. The maximum Gasteiger partial charge on any atom is 0.137 e. The first-order chi connectivity index (χ1) is 12.3. The number of pyridine rings is 1. The van der Waals surface area contributed by atoms with Crippen molar-refractivity contribution >= 4 is 22.9 Å². The van der Waals surface area contributed by atoms with E-state index in [1.165, 1.54) is 4.88 Å². The fourth-order valence-corrected chi connectivity index (χ4v) is 3.91. The Bertz CT molecular complexity index is 887. The molecule has 5 heteroatoms. The van der Waals surface area contributed by atoms with Gasteiger partial charge in [0.15, 0.2) is 0 Å². The second-order valence-electron chi connectivity index (χ2n) is 6.06. The zero-order chi connectivity index (χ0) is 17.2. The molecule has 3 heterocycles. The molecule has 0 fully saturated rings. The number of likely N-dealkylation sites (N-methyl/N-ethyl adjacent to an activating group) is 1. The van der Waals surface area contributed by atoms with Crippen LogP contribution in [-0.2, 0) is 0 Å². The maximum absolute atomic E-state index is 5.17. The van der Waals surface area contributed by atoms with E-state index in [9.17, 15) is 0 Å². The monoisotopic (exact) mass is 348 g/mol. The van der Waals surface area contributed by atoms with Gasteiger partial charge < -0.3 is 5.32 Å². The highest BCUT2D eigenvalue weighted by molar-refractivity contribution is 7.10. The highest BCUT2D eigenvalue weighted by atomic mass is 32.1. The fraction of sp³-hybridized carbons (Fsp3) is 0.200. The van der Waals surface area contributed by atoms with Crippen LogP contribution in [-0.4, -0.2) is 23.9 Å². The number of rotatable bonds is 3. The lowest BCUT2D eigenvalue weighted by Gasteiger charge is -2.23. The van der Waals surface area contributed by atoms with E-state index in [1.54, 1.807) is 11.3 Å². The number of anilines is 1. The van der Waals surface area contributed by atoms with Crippen LogP contribution in [0.3, 0.4) is 0 Å². The number of aromatic nitrogens is 1. The third-order valence-electron chi connectivity index (χ3n) is 4.36. The van der Waals surface area contributed by atoms with Gasteiger partial charge in [-0.25, -0.2) is 4.98 Å². The molecular formula is C20H20N4S. The molecule has 3 aromatic rings. The van der Waals surface area contributed by atoms with E-state index >= 15 is 0 Å². The van der Waals surface area contributed by atoms with Crippen LogP contribution in [0.15, 0.2) is 65.0 Å². The highest BCUT2D eigenvalue weighted by Gasteiger charge is 2.29. The highest BCUT2D eigenvalue weighted by Crippen LogP contribution is 2.32. The number of thiophene rings is 1. The minimum Gasteiger partial charge on any atom is -0.352 e. The lowest BCUT2D eigenvalue weighted by Crippen LogP contribution is -2.38. The van der Waals surface area contributed by atoms with Crippen LogP contribution < -0.4 is 10.6 Å². The fourth-order valence-electron chi connectivity index (χ4n) is 3.11. The number of aliphatic imine (C=N–C) groups is 1. The summed E-state index contributed by atoms with van der Waals surface area (Å²) in [7, 11) is 1.96. The number of benzene rings is 1. The first-order valence-corrected chi connectivity index (χ1v) is 9.22. The molecule has 1 aromatic carbocycles. The molecule has 0 saturated carbocycles. The summed E-state index contributed by atoms with van der Waals surface area (Å²) in [5, 5.41) is 9.02. The van der Waals surface area contributed by atoms with E-state index < -0.39 is 0 Å². The number of fused-ring (bicyclic) bond motifs is 1. The molecule has 0 radical (unpaired) electrons. The summed E-state index contributed by atoms with van der Waals surface area (Å²) in [6.45, 7) is 2.01. The molecule has 0 saturated heterocycles. The molecule has 0 spiro atoms. The van der Waals surface area contributed by atoms with Crippen molar-refractivity contribution in [2.45, 2.75) is 19.1 Å². The number of hydrogen-bond donors (Lipinski definition) is 2. The van der Waals surface area contributed by atoms with Crippen LogP contribution in [0.1, 0.15) is 27.7 Å². The molecule has 2 aromatic heterocycles. The SMILES string of the molecule is CNC1Nc2nc(C)ccc2C(c2ccccc2)=NC1c1cccs1. The van der Waals surface area contributed by atoms with Crippen molar-refractivity contribution in [1.29, 1.82) is 0 Å². The number of hydrogen-bond acceptors (Lipinski definition) is 5. The topological polar surface area (TPSA) is 49.3 Å². The minimum atomic E-state index is -0.0205. The molecule has 2 N–H and O–H groups in total. The zero-order valence-corrected chi connectivity index (χ0v) is 15.0. The molecule has 0 aliphatic carbocycles. The Kier molecular flexibility index (Phi) is 4.34. The van der Waals surface area contributed by atoms with Crippen LogP contribution in [0.25, 0.3) is 0 Å². The zero-order valence-electron chi connectivity index (χ0n) is 14.2. The van der Waals surface area contributed by atoms with Gasteiger partial charge in [-0.15, -0.1) is 11.3 Å². The molecule has 1 aliphatic heterocycles. The molecule has 4 rings (SSSR count). The van der Waals surface area contributed by atoms with Crippen LogP contribution in [0.5, 0.6) is 0 Å². The van der Waals surface area contributed by atoms with Crippen LogP contribution in [0, 0.1) is 6.92 Å². The molecule has 2 atom stereocenters. The van der Waals surface area contributed by atoms with Gasteiger partial charge in [0, 0.05) is 21.7 Å². The van der Waals surface area contributed by atoms with Gasteiger partial charge >= 0.3 is 0 Å². The Morgan fingerprint density at radius 3 is 2.60 bits per heavy atom. The molecular weight excluding hydrogens is 328 g/mol. The van der Waals surface area contributed by atoms with Gasteiger partial charge in [0.25, 0.3) is 0 Å². The molecule has 25 heavy (non-hydrogen) atoms. The lowest BCUT2D eigenvalue weighted by atomic mass is 10.0. The van der Waals surface area contributed by atoms with Crippen molar-refractivity contribution < 1.29 is 0 Å². The van der Waals surface area contributed by atoms with E-state index in [2.05, 4.69) is 46.3 Å². The van der Waals surface area contributed by atoms with Crippen LogP contribution in [0.4, 0.5) is 5.82 Å². The summed E-state index contributed by atoms with van der Waals surface area (Å²) in [5.41, 5.74) is 4.11. The van der Waals surface area contributed by atoms with Gasteiger partial charge in [0.1, 0.15) is 18.0 Å². The Morgan fingerprint density at radius 2 is 1.88 bits per heavy atom. The normalized spacial score (nSPS) is 19.5. The van der Waals surface area contributed by atoms with Crippen molar-refractivity contribution in [3.8, 4) is 0 Å². The van der Waals surface area contributed by atoms with Crippen molar-refractivity contribution in [3.63, 3.8) is 0 Å². The predicted octanol–water partition coefficient (Wildman–Crippen LogP) is 4.00. The lowest BCUT2D eigenvalue weighted by molar-refractivity contribution is 0.528. The smallest absolute Gasteiger partial charge is 0.137 e. The quantitative estimate of drug-likeness (QED) is 0.752. The van der Waals surface area contributed by atoms with Crippen molar-refractivity contribution in [3.05, 3.63) is 81.7 Å². The van der Waals surface area contributed by atoms with Crippen molar-refractivity contribution in [2.24, 2.45) is 4.99 Å². The maximum atomic E-state index is 5.17. The predicted molar refractivity (Wildman–Crippen MR) is 105 cm³/mol. The third kappa shape index (κ3) is 3.08. The largest absolute Gasteiger partial charge is 0.352 e. The summed E-state index contributed by atoms with van der Waals surface area (Å²) in [6.07, 6.45) is -0.0205. The van der Waals surface area contributed by atoms with Gasteiger partial charge in [-0.05, 0) is 37.6 Å². The van der Waals surface area contributed by atoms with E-state index in [4.69, 9.17) is 9.98 Å².